The van der Waals surface area contributed by atoms with Gasteiger partial charge in [0.15, 0.2) is 0 Å². The summed E-state index contributed by atoms with van der Waals surface area (Å²) in [6.07, 6.45) is 4.21. The Kier molecular flexibility index (Phi) is 9.99. The molecule has 1 aliphatic carbocycles. The SMILES string of the molecule is CC[C@@H](C(=O)NC1CCCC1)N(Cc1cccc(OC)c1)C(=O)CN(c1ccccc1)S(=O)(=O)c1ccc(F)cc1. The van der Waals surface area contributed by atoms with Gasteiger partial charge in [-0.25, -0.2) is 12.8 Å². The molecule has 0 unspecified atom stereocenters. The number of ether oxygens (including phenoxy) is 1. The Bertz CT molecular complexity index is 1430. The van der Waals surface area contributed by atoms with Crippen LogP contribution in [0.25, 0.3) is 0 Å². The van der Waals surface area contributed by atoms with Crippen LogP contribution in [0.2, 0.25) is 0 Å². The highest BCUT2D eigenvalue weighted by Gasteiger charge is 2.34. The van der Waals surface area contributed by atoms with Gasteiger partial charge < -0.3 is 15.0 Å². The van der Waals surface area contributed by atoms with E-state index in [4.69, 9.17) is 4.74 Å². The van der Waals surface area contributed by atoms with Gasteiger partial charge in [-0.15, -0.1) is 0 Å². The molecule has 8 nitrogen and oxygen atoms in total. The summed E-state index contributed by atoms with van der Waals surface area (Å²) >= 11 is 0. The first kappa shape index (κ1) is 30.0. The second-order valence-electron chi connectivity index (χ2n) is 10.1. The molecular weight excluding hydrogens is 545 g/mol. The number of carbonyl (C=O) groups excluding carboxylic acids is 2. The molecular formula is C31H36FN3O5S. The lowest BCUT2D eigenvalue weighted by atomic mass is 10.1. The Labute approximate surface area is 241 Å². The lowest BCUT2D eigenvalue weighted by Crippen LogP contribution is -2.53. The summed E-state index contributed by atoms with van der Waals surface area (Å²) in [6, 6.07) is 19.2. The van der Waals surface area contributed by atoms with Gasteiger partial charge in [-0.3, -0.25) is 13.9 Å². The second-order valence-corrected chi connectivity index (χ2v) is 12.0. The fourth-order valence-electron chi connectivity index (χ4n) is 5.11. The molecule has 10 heteroatoms. The van der Waals surface area contributed by atoms with E-state index in [9.17, 15) is 22.4 Å². The Morgan fingerprint density at radius 3 is 2.32 bits per heavy atom. The molecule has 0 aliphatic heterocycles. The molecule has 0 bridgehead atoms. The molecule has 3 aromatic rings. The fourth-order valence-corrected chi connectivity index (χ4v) is 6.53. The highest BCUT2D eigenvalue weighted by molar-refractivity contribution is 7.92. The molecule has 1 aliphatic rings. The first-order chi connectivity index (χ1) is 19.7. The smallest absolute Gasteiger partial charge is 0.264 e. The first-order valence-corrected chi connectivity index (χ1v) is 15.2. The van der Waals surface area contributed by atoms with Crippen molar-refractivity contribution in [2.45, 2.75) is 62.6 Å². The number of carbonyl (C=O) groups is 2. The predicted molar refractivity (Wildman–Crippen MR) is 155 cm³/mol. The summed E-state index contributed by atoms with van der Waals surface area (Å²) in [5.74, 6) is -0.781. The van der Waals surface area contributed by atoms with Gasteiger partial charge in [0.05, 0.1) is 17.7 Å². The molecule has 0 spiro atoms. The molecule has 41 heavy (non-hydrogen) atoms. The van der Waals surface area contributed by atoms with Crippen molar-refractivity contribution < 1.29 is 27.1 Å². The third-order valence-corrected chi connectivity index (χ3v) is 9.09. The number of benzene rings is 3. The number of halogens is 1. The van der Waals surface area contributed by atoms with Gasteiger partial charge in [0.1, 0.15) is 24.2 Å². The molecule has 1 N–H and O–H groups in total. The first-order valence-electron chi connectivity index (χ1n) is 13.8. The van der Waals surface area contributed by atoms with Crippen LogP contribution < -0.4 is 14.4 Å². The zero-order chi connectivity index (χ0) is 29.4. The number of hydrogen-bond acceptors (Lipinski definition) is 5. The molecule has 4 rings (SSSR count). The Hall–Kier alpha value is -3.92. The number of para-hydroxylation sites is 1. The molecule has 1 atom stereocenters. The van der Waals surface area contributed by atoms with Gasteiger partial charge in [0, 0.05) is 12.6 Å². The van der Waals surface area contributed by atoms with Crippen molar-refractivity contribution in [3.05, 3.63) is 90.2 Å². The van der Waals surface area contributed by atoms with Crippen molar-refractivity contribution in [3.8, 4) is 5.75 Å². The van der Waals surface area contributed by atoms with E-state index in [1.54, 1.807) is 55.6 Å². The van der Waals surface area contributed by atoms with Gasteiger partial charge in [0.25, 0.3) is 10.0 Å². The van der Waals surface area contributed by atoms with Crippen molar-refractivity contribution >= 4 is 27.5 Å². The highest BCUT2D eigenvalue weighted by atomic mass is 32.2. The van der Waals surface area contributed by atoms with Crippen LogP contribution >= 0.6 is 0 Å². The number of amides is 2. The maximum absolute atomic E-state index is 14.1. The summed E-state index contributed by atoms with van der Waals surface area (Å²) in [4.78, 5) is 28.9. The molecule has 0 heterocycles. The minimum atomic E-state index is -4.26. The molecule has 2 amide bonds. The van der Waals surface area contributed by atoms with E-state index in [2.05, 4.69) is 5.32 Å². The largest absolute Gasteiger partial charge is 0.497 e. The van der Waals surface area contributed by atoms with Gasteiger partial charge in [0.2, 0.25) is 11.8 Å². The standard InChI is InChI=1S/C31H36FN3O5S/c1-3-29(31(37)33-25-11-7-8-12-25)34(21-23-10-9-15-27(20-23)40-2)30(36)22-35(26-13-5-4-6-14-26)41(38,39)28-18-16-24(32)17-19-28/h4-6,9-10,13-20,25,29H,3,7-8,11-12,21-22H2,1-2H3,(H,33,37)/t29-/m0/s1. The van der Waals surface area contributed by atoms with E-state index >= 15 is 0 Å². The van der Waals surface area contributed by atoms with Crippen LogP contribution in [-0.2, 0) is 26.2 Å². The van der Waals surface area contributed by atoms with Gasteiger partial charge in [-0.2, -0.15) is 0 Å². The molecule has 1 fully saturated rings. The van der Waals surface area contributed by atoms with E-state index < -0.39 is 34.3 Å². The topological polar surface area (TPSA) is 96.0 Å². The number of sulfonamides is 1. The normalized spacial score (nSPS) is 14.3. The van der Waals surface area contributed by atoms with Crippen molar-refractivity contribution in [3.63, 3.8) is 0 Å². The fraction of sp³-hybridized carbons (Fsp3) is 0.355. The molecule has 0 saturated heterocycles. The number of nitrogens with one attached hydrogen (secondary N) is 1. The van der Waals surface area contributed by atoms with E-state index in [0.717, 1.165) is 47.7 Å². The van der Waals surface area contributed by atoms with Crippen LogP contribution in [0.3, 0.4) is 0 Å². The average molecular weight is 582 g/mol. The lowest BCUT2D eigenvalue weighted by Gasteiger charge is -2.33. The van der Waals surface area contributed by atoms with Crippen LogP contribution in [0, 0.1) is 5.82 Å². The number of anilines is 1. The maximum atomic E-state index is 14.1. The third kappa shape index (κ3) is 7.43. The minimum Gasteiger partial charge on any atom is -0.497 e. The van der Waals surface area contributed by atoms with Crippen molar-refractivity contribution in [1.82, 2.24) is 10.2 Å². The number of methoxy groups -OCH3 is 1. The summed E-state index contributed by atoms with van der Waals surface area (Å²) in [5, 5.41) is 3.10. The molecule has 218 valence electrons. The minimum absolute atomic E-state index is 0.0602. The molecule has 0 aromatic heterocycles. The third-order valence-electron chi connectivity index (χ3n) is 7.30. The molecule has 1 saturated carbocycles. The molecule has 0 radical (unpaired) electrons. The summed E-state index contributed by atoms with van der Waals surface area (Å²) in [7, 11) is -2.71. The van der Waals surface area contributed by atoms with E-state index in [1.807, 2.05) is 13.0 Å². The van der Waals surface area contributed by atoms with Crippen molar-refractivity contribution in [1.29, 1.82) is 0 Å². The zero-order valence-corrected chi connectivity index (χ0v) is 24.1. The average Bonchev–Trinajstić information content (AvgIpc) is 3.49. The highest BCUT2D eigenvalue weighted by Crippen LogP contribution is 2.26. The van der Waals surface area contributed by atoms with Crippen molar-refractivity contribution in [2.75, 3.05) is 18.0 Å². The van der Waals surface area contributed by atoms with Crippen LogP contribution in [0.4, 0.5) is 10.1 Å². The number of hydrogen-bond donors (Lipinski definition) is 1. The van der Waals surface area contributed by atoms with Crippen LogP contribution in [-0.4, -0.2) is 50.9 Å². The van der Waals surface area contributed by atoms with Crippen LogP contribution in [0.15, 0.2) is 83.8 Å². The Morgan fingerprint density at radius 1 is 1.00 bits per heavy atom. The van der Waals surface area contributed by atoms with Crippen LogP contribution in [0.5, 0.6) is 5.75 Å². The summed E-state index contributed by atoms with van der Waals surface area (Å²) < 4.78 is 47.5. The van der Waals surface area contributed by atoms with E-state index in [-0.39, 0.29) is 29.1 Å². The monoisotopic (exact) mass is 581 g/mol. The zero-order valence-electron chi connectivity index (χ0n) is 23.3. The van der Waals surface area contributed by atoms with Gasteiger partial charge in [-0.1, -0.05) is 50.1 Å². The predicted octanol–water partition coefficient (Wildman–Crippen LogP) is 4.90. The number of nitrogens with zero attached hydrogens (tertiary/aromatic N) is 2. The lowest BCUT2D eigenvalue weighted by molar-refractivity contribution is -0.140. The maximum Gasteiger partial charge on any atom is 0.264 e. The van der Waals surface area contributed by atoms with Gasteiger partial charge >= 0.3 is 0 Å². The Morgan fingerprint density at radius 2 is 1.68 bits per heavy atom. The summed E-state index contributed by atoms with van der Waals surface area (Å²) in [6.45, 7) is 1.35. The van der Waals surface area contributed by atoms with Crippen molar-refractivity contribution in [2.24, 2.45) is 0 Å². The quantitative estimate of drug-likeness (QED) is 0.329. The van der Waals surface area contributed by atoms with Gasteiger partial charge in [-0.05, 0) is 73.4 Å². The summed E-state index contributed by atoms with van der Waals surface area (Å²) in [5.41, 5.74) is 1.01. The Balaban J connectivity index is 1.70. The second kappa shape index (κ2) is 13.6. The molecule has 3 aromatic carbocycles. The van der Waals surface area contributed by atoms with E-state index in [0.29, 0.717) is 12.2 Å². The van der Waals surface area contributed by atoms with Crippen LogP contribution in [0.1, 0.15) is 44.6 Å². The van der Waals surface area contributed by atoms with E-state index in [1.165, 1.54) is 17.0 Å². The number of rotatable bonds is 12.